The summed E-state index contributed by atoms with van der Waals surface area (Å²) in [4.78, 5) is 22.7. The molecule has 0 unspecified atom stereocenters. The molecule has 0 radical (unpaired) electrons. The lowest BCUT2D eigenvalue weighted by Crippen LogP contribution is -2.61. The Hall–Kier alpha value is -2.05. The van der Waals surface area contributed by atoms with E-state index in [1.807, 2.05) is 12.3 Å². The molecular formula is C12H18N4O3. The predicted octanol–water partition coefficient (Wildman–Crippen LogP) is 0.580. The lowest BCUT2D eigenvalue weighted by molar-refractivity contribution is -0.148. The van der Waals surface area contributed by atoms with Gasteiger partial charge < -0.3 is 15.7 Å². The van der Waals surface area contributed by atoms with Gasteiger partial charge in [0.25, 0.3) is 0 Å². The third-order valence-corrected chi connectivity index (χ3v) is 3.38. The third kappa shape index (κ3) is 3.24. The Kier molecular flexibility index (Phi) is 4.03. The molecule has 1 heterocycles. The molecule has 1 fully saturated rings. The maximum absolute atomic E-state index is 11.6. The minimum absolute atomic E-state index is 0.414. The van der Waals surface area contributed by atoms with Crippen molar-refractivity contribution in [1.82, 2.24) is 20.4 Å². The highest BCUT2D eigenvalue weighted by Gasteiger charge is 2.45. The maximum Gasteiger partial charge on any atom is 0.329 e. The predicted molar refractivity (Wildman–Crippen MR) is 67.6 cm³/mol. The van der Waals surface area contributed by atoms with Crippen LogP contribution in [-0.4, -0.2) is 39.0 Å². The molecular weight excluding hydrogens is 248 g/mol. The first-order chi connectivity index (χ1) is 9.12. The molecule has 1 aliphatic carbocycles. The van der Waals surface area contributed by atoms with Crippen molar-refractivity contribution in [2.24, 2.45) is 0 Å². The number of carbonyl (C=O) groups is 2. The summed E-state index contributed by atoms with van der Waals surface area (Å²) >= 11 is 0. The van der Waals surface area contributed by atoms with E-state index in [-0.39, 0.29) is 0 Å². The lowest BCUT2D eigenvalue weighted by Gasteiger charge is -2.38. The second-order valence-electron chi connectivity index (χ2n) is 4.74. The van der Waals surface area contributed by atoms with Crippen LogP contribution in [0.4, 0.5) is 4.79 Å². The van der Waals surface area contributed by atoms with Crippen LogP contribution in [0.25, 0.3) is 0 Å². The van der Waals surface area contributed by atoms with E-state index in [1.54, 1.807) is 10.9 Å². The average Bonchev–Trinajstić information content (AvgIpc) is 2.82. The standard InChI is InChI=1S/C12H18N4O3/c17-10(18)12(4-1-5-12)15-11(19)13-6-2-8-16-9-3-7-14-16/h3,7,9H,1-2,4-6,8H2,(H,17,18)(H2,13,15,19). The van der Waals surface area contributed by atoms with Crippen molar-refractivity contribution in [3.05, 3.63) is 18.5 Å². The molecule has 0 aromatic carbocycles. The molecule has 0 saturated heterocycles. The monoisotopic (exact) mass is 266 g/mol. The molecule has 0 aliphatic heterocycles. The van der Waals surface area contributed by atoms with Crippen molar-refractivity contribution >= 4 is 12.0 Å². The normalized spacial score (nSPS) is 16.4. The summed E-state index contributed by atoms with van der Waals surface area (Å²) in [6.07, 6.45) is 6.15. The molecule has 7 heteroatoms. The molecule has 1 aromatic heterocycles. The Morgan fingerprint density at radius 3 is 2.74 bits per heavy atom. The number of aromatic nitrogens is 2. The molecule has 2 rings (SSSR count). The van der Waals surface area contributed by atoms with Crippen LogP contribution >= 0.6 is 0 Å². The van der Waals surface area contributed by atoms with E-state index >= 15 is 0 Å². The average molecular weight is 266 g/mol. The Bertz CT molecular complexity index is 440. The smallest absolute Gasteiger partial charge is 0.329 e. The van der Waals surface area contributed by atoms with E-state index in [0.29, 0.717) is 19.4 Å². The van der Waals surface area contributed by atoms with E-state index < -0.39 is 17.5 Å². The molecule has 2 amide bonds. The first-order valence-corrected chi connectivity index (χ1v) is 6.39. The Labute approximate surface area is 111 Å². The van der Waals surface area contributed by atoms with Crippen LogP contribution in [0.2, 0.25) is 0 Å². The molecule has 104 valence electrons. The number of aryl methyl sites for hydroxylation is 1. The molecule has 0 spiro atoms. The van der Waals surface area contributed by atoms with Gasteiger partial charge in [-0.2, -0.15) is 5.10 Å². The van der Waals surface area contributed by atoms with Crippen LogP contribution in [0.5, 0.6) is 0 Å². The lowest BCUT2D eigenvalue weighted by atomic mass is 9.77. The van der Waals surface area contributed by atoms with Gasteiger partial charge in [0, 0.05) is 25.5 Å². The highest BCUT2D eigenvalue weighted by Crippen LogP contribution is 2.31. The van der Waals surface area contributed by atoms with Gasteiger partial charge in [0.05, 0.1) is 0 Å². The van der Waals surface area contributed by atoms with E-state index in [0.717, 1.165) is 19.4 Å². The number of hydrogen-bond donors (Lipinski definition) is 3. The SMILES string of the molecule is O=C(NCCCn1cccn1)NC1(C(=O)O)CCC1. The van der Waals surface area contributed by atoms with Crippen LogP contribution in [0.1, 0.15) is 25.7 Å². The van der Waals surface area contributed by atoms with Gasteiger partial charge in [0.1, 0.15) is 5.54 Å². The molecule has 7 nitrogen and oxygen atoms in total. The molecule has 19 heavy (non-hydrogen) atoms. The van der Waals surface area contributed by atoms with Gasteiger partial charge in [-0.3, -0.25) is 4.68 Å². The number of urea groups is 1. The molecule has 1 saturated carbocycles. The zero-order valence-corrected chi connectivity index (χ0v) is 10.6. The minimum Gasteiger partial charge on any atom is -0.480 e. The summed E-state index contributed by atoms with van der Waals surface area (Å²) in [7, 11) is 0. The number of nitrogens with one attached hydrogen (secondary N) is 2. The first kappa shape index (κ1) is 13.4. The molecule has 3 N–H and O–H groups in total. The molecule has 1 aliphatic rings. The van der Waals surface area contributed by atoms with Crippen LogP contribution in [0.3, 0.4) is 0 Å². The van der Waals surface area contributed by atoms with Crippen molar-refractivity contribution in [2.45, 2.75) is 37.8 Å². The fourth-order valence-corrected chi connectivity index (χ4v) is 2.06. The van der Waals surface area contributed by atoms with Gasteiger partial charge >= 0.3 is 12.0 Å². The van der Waals surface area contributed by atoms with Crippen LogP contribution in [0, 0.1) is 0 Å². The fraction of sp³-hybridized carbons (Fsp3) is 0.583. The number of carboxylic acids is 1. The Morgan fingerprint density at radius 2 is 2.21 bits per heavy atom. The van der Waals surface area contributed by atoms with Crippen molar-refractivity contribution in [3.63, 3.8) is 0 Å². The summed E-state index contributed by atoms with van der Waals surface area (Å²) in [5.74, 6) is -0.953. The van der Waals surface area contributed by atoms with Gasteiger partial charge in [-0.05, 0) is 31.7 Å². The molecule has 1 aromatic rings. The summed E-state index contributed by atoms with van der Waals surface area (Å²) in [5.41, 5.74) is -1.05. The second-order valence-corrected chi connectivity index (χ2v) is 4.74. The van der Waals surface area contributed by atoms with Crippen molar-refractivity contribution in [1.29, 1.82) is 0 Å². The van der Waals surface area contributed by atoms with E-state index in [1.165, 1.54) is 0 Å². The number of nitrogens with zero attached hydrogens (tertiary/aromatic N) is 2. The van der Waals surface area contributed by atoms with Crippen LogP contribution in [-0.2, 0) is 11.3 Å². The highest BCUT2D eigenvalue weighted by molar-refractivity contribution is 5.87. The number of carboxylic acid groups (broad SMARTS) is 1. The van der Waals surface area contributed by atoms with E-state index in [2.05, 4.69) is 15.7 Å². The zero-order valence-electron chi connectivity index (χ0n) is 10.6. The maximum atomic E-state index is 11.6. The van der Waals surface area contributed by atoms with Crippen molar-refractivity contribution < 1.29 is 14.7 Å². The number of carbonyl (C=O) groups excluding carboxylic acids is 1. The van der Waals surface area contributed by atoms with E-state index in [4.69, 9.17) is 5.11 Å². The Morgan fingerprint density at radius 1 is 1.42 bits per heavy atom. The van der Waals surface area contributed by atoms with Crippen molar-refractivity contribution in [3.8, 4) is 0 Å². The van der Waals surface area contributed by atoms with E-state index in [9.17, 15) is 9.59 Å². The third-order valence-electron chi connectivity index (χ3n) is 3.38. The number of hydrogen-bond acceptors (Lipinski definition) is 3. The summed E-state index contributed by atoms with van der Waals surface area (Å²) < 4.78 is 1.78. The quantitative estimate of drug-likeness (QED) is 0.656. The first-order valence-electron chi connectivity index (χ1n) is 6.39. The minimum atomic E-state index is -1.05. The number of amides is 2. The molecule has 0 bridgehead atoms. The van der Waals surface area contributed by atoms with Crippen molar-refractivity contribution in [2.75, 3.05) is 6.54 Å². The van der Waals surface area contributed by atoms with Crippen LogP contribution in [0.15, 0.2) is 18.5 Å². The zero-order chi connectivity index (χ0) is 13.7. The topological polar surface area (TPSA) is 96.3 Å². The van der Waals surface area contributed by atoms with Gasteiger partial charge in [-0.15, -0.1) is 0 Å². The summed E-state index contributed by atoms with van der Waals surface area (Å²) in [5, 5.41) is 18.3. The van der Waals surface area contributed by atoms with Gasteiger partial charge in [0.15, 0.2) is 0 Å². The van der Waals surface area contributed by atoms with Gasteiger partial charge in [-0.1, -0.05) is 0 Å². The van der Waals surface area contributed by atoms with Gasteiger partial charge in [0.2, 0.25) is 0 Å². The summed E-state index contributed by atoms with van der Waals surface area (Å²) in [6.45, 7) is 1.21. The highest BCUT2D eigenvalue weighted by atomic mass is 16.4. The molecule has 0 atom stereocenters. The number of aliphatic carboxylic acids is 1. The summed E-state index contributed by atoms with van der Waals surface area (Å²) in [6, 6.07) is 1.43. The second kappa shape index (κ2) is 5.73. The largest absolute Gasteiger partial charge is 0.480 e. The van der Waals surface area contributed by atoms with Gasteiger partial charge in [-0.25, -0.2) is 9.59 Å². The Balaban J connectivity index is 1.66. The number of rotatable bonds is 6. The van der Waals surface area contributed by atoms with Crippen LogP contribution < -0.4 is 10.6 Å². The fourth-order valence-electron chi connectivity index (χ4n) is 2.06.